The van der Waals surface area contributed by atoms with Crippen molar-refractivity contribution < 1.29 is 9.52 Å². The van der Waals surface area contributed by atoms with Gasteiger partial charge in [-0.15, -0.1) is 0 Å². The van der Waals surface area contributed by atoms with Crippen molar-refractivity contribution in [2.75, 3.05) is 0 Å². The van der Waals surface area contributed by atoms with E-state index in [0.29, 0.717) is 6.42 Å². The Morgan fingerprint density at radius 2 is 2.07 bits per heavy atom. The van der Waals surface area contributed by atoms with E-state index >= 15 is 0 Å². The number of aryl methyl sites for hydroxylation is 1. The second-order valence-electron chi connectivity index (χ2n) is 3.71. The molecular formula is C13H14O2. The summed E-state index contributed by atoms with van der Waals surface area (Å²) in [5, 5.41) is 10.0. The molecule has 2 rings (SSSR count). The molecule has 1 heterocycles. The van der Waals surface area contributed by atoms with Gasteiger partial charge in [0.2, 0.25) is 0 Å². The van der Waals surface area contributed by atoms with Crippen LogP contribution >= 0.6 is 0 Å². The molecule has 0 saturated carbocycles. The van der Waals surface area contributed by atoms with Gasteiger partial charge in [0, 0.05) is 6.42 Å². The predicted molar refractivity (Wildman–Crippen MR) is 58.6 cm³/mol. The Hall–Kier alpha value is -1.54. The molecule has 1 unspecified atom stereocenters. The second kappa shape index (κ2) is 4.32. The lowest BCUT2D eigenvalue weighted by Crippen LogP contribution is -2.02. The molecule has 0 radical (unpaired) electrons. The van der Waals surface area contributed by atoms with E-state index in [9.17, 15) is 5.11 Å². The second-order valence-corrected chi connectivity index (χ2v) is 3.71. The number of aliphatic hydroxyl groups excluding tert-OH is 1. The fourth-order valence-electron chi connectivity index (χ4n) is 1.70. The van der Waals surface area contributed by atoms with E-state index in [1.54, 1.807) is 12.5 Å². The fourth-order valence-corrected chi connectivity index (χ4v) is 1.70. The summed E-state index contributed by atoms with van der Waals surface area (Å²) in [4.78, 5) is 0. The molecule has 0 amide bonds. The van der Waals surface area contributed by atoms with Crippen LogP contribution in [0.5, 0.6) is 0 Å². The van der Waals surface area contributed by atoms with Gasteiger partial charge < -0.3 is 9.52 Å². The van der Waals surface area contributed by atoms with Gasteiger partial charge in [-0.3, -0.25) is 0 Å². The normalized spacial score (nSPS) is 12.7. The molecule has 2 heteroatoms. The fraction of sp³-hybridized carbons (Fsp3) is 0.231. The van der Waals surface area contributed by atoms with Crippen LogP contribution in [0, 0.1) is 6.92 Å². The van der Waals surface area contributed by atoms with E-state index in [-0.39, 0.29) is 0 Å². The van der Waals surface area contributed by atoms with Crippen LogP contribution in [0.1, 0.15) is 22.8 Å². The highest BCUT2D eigenvalue weighted by Crippen LogP contribution is 2.21. The molecule has 0 bridgehead atoms. The van der Waals surface area contributed by atoms with Crippen LogP contribution in [-0.4, -0.2) is 5.11 Å². The zero-order valence-electron chi connectivity index (χ0n) is 8.68. The molecule has 1 atom stereocenters. The summed E-state index contributed by atoms with van der Waals surface area (Å²) in [6, 6.07) is 9.76. The molecule has 2 nitrogen and oxygen atoms in total. The zero-order valence-corrected chi connectivity index (χ0v) is 8.68. The molecule has 0 fully saturated rings. The van der Waals surface area contributed by atoms with Crippen LogP contribution in [0.3, 0.4) is 0 Å². The maximum Gasteiger partial charge on any atom is 0.0935 e. The molecule has 0 spiro atoms. The zero-order chi connectivity index (χ0) is 10.7. The van der Waals surface area contributed by atoms with E-state index in [1.807, 2.05) is 37.3 Å². The van der Waals surface area contributed by atoms with Crippen molar-refractivity contribution >= 4 is 0 Å². The monoisotopic (exact) mass is 202 g/mol. The summed E-state index contributed by atoms with van der Waals surface area (Å²) in [6.45, 7) is 2.01. The van der Waals surface area contributed by atoms with Crippen molar-refractivity contribution in [2.45, 2.75) is 19.4 Å². The third kappa shape index (κ3) is 2.28. The third-order valence-electron chi connectivity index (χ3n) is 2.56. The Labute approximate surface area is 89.2 Å². The minimum atomic E-state index is -0.455. The Kier molecular flexibility index (Phi) is 2.88. The Bertz CT molecular complexity index is 418. The summed E-state index contributed by atoms with van der Waals surface area (Å²) in [7, 11) is 0. The smallest absolute Gasteiger partial charge is 0.0935 e. The highest BCUT2D eigenvalue weighted by molar-refractivity contribution is 5.28. The van der Waals surface area contributed by atoms with Crippen molar-refractivity contribution in [1.29, 1.82) is 0 Å². The highest BCUT2D eigenvalue weighted by atomic mass is 16.3. The lowest BCUT2D eigenvalue weighted by Gasteiger charge is -2.12. The first-order valence-electron chi connectivity index (χ1n) is 5.02. The number of hydrogen-bond donors (Lipinski definition) is 1. The summed E-state index contributed by atoms with van der Waals surface area (Å²) < 4.78 is 4.97. The summed E-state index contributed by atoms with van der Waals surface area (Å²) in [5.41, 5.74) is 3.12. The molecule has 15 heavy (non-hydrogen) atoms. The van der Waals surface area contributed by atoms with E-state index in [0.717, 1.165) is 16.7 Å². The summed E-state index contributed by atoms with van der Waals surface area (Å²) >= 11 is 0. The minimum Gasteiger partial charge on any atom is -0.472 e. The van der Waals surface area contributed by atoms with Crippen molar-refractivity contribution in [3.05, 3.63) is 59.5 Å². The summed E-state index contributed by atoms with van der Waals surface area (Å²) in [6.07, 6.45) is 3.44. The Balaban J connectivity index is 2.15. The number of hydrogen-bond acceptors (Lipinski definition) is 2. The Morgan fingerprint density at radius 3 is 2.73 bits per heavy atom. The Morgan fingerprint density at radius 1 is 1.27 bits per heavy atom. The molecule has 1 aromatic heterocycles. The van der Waals surface area contributed by atoms with Gasteiger partial charge in [0.05, 0.1) is 18.6 Å². The highest BCUT2D eigenvalue weighted by Gasteiger charge is 2.10. The van der Waals surface area contributed by atoms with Gasteiger partial charge >= 0.3 is 0 Å². The number of aliphatic hydroxyl groups is 1. The van der Waals surface area contributed by atoms with Crippen molar-refractivity contribution in [1.82, 2.24) is 0 Å². The van der Waals surface area contributed by atoms with Crippen LogP contribution in [0.25, 0.3) is 0 Å². The number of furan rings is 1. The SMILES string of the molecule is Cc1ccccc1C(O)Cc1ccoc1. The quantitative estimate of drug-likeness (QED) is 0.830. The van der Waals surface area contributed by atoms with Crippen molar-refractivity contribution in [3.8, 4) is 0 Å². The van der Waals surface area contributed by atoms with Gasteiger partial charge in [-0.2, -0.15) is 0 Å². The summed E-state index contributed by atoms with van der Waals surface area (Å²) in [5.74, 6) is 0. The largest absolute Gasteiger partial charge is 0.472 e. The van der Waals surface area contributed by atoms with Gasteiger partial charge in [0.1, 0.15) is 0 Å². The molecular weight excluding hydrogens is 188 g/mol. The molecule has 1 aromatic carbocycles. The molecule has 0 aliphatic rings. The van der Waals surface area contributed by atoms with E-state index in [1.165, 1.54) is 0 Å². The van der Waals surface area contributed by atoms with E-state index in [4.69, 9.17) is 4.42 Å². The van der Waals surface area contributed by atoms with Gasteiger partial charge in [-0.25, -0.2) is 0 Å². The van der Waals surface area contributed by atoms with E-state index < -0.39 is 6.10 Å². The van der Waals surface area contributed by atoms with Crippen molar-refractivity contribution in [3.63, 3.8) is 0 Å². The van der Waals surface area contributed by atoms with E-state index in [2.05, 4.69) is 0 Å². The van der Waals surface area contributed by atoms with Crippen LogP contribution in [0.4, 0.5) is 0 Å². The topological polar surface area (TPSA) is 33.4 Å². The number of benzene rings is 1. The minimum absolute atomic E-state index is 0.455. The average Bonchev–Trinajstić information content (AvgIpc) is 2.71. The maximum atomic E-state index is 10.0. The molecule has 0 aliphatic carbocycles. The van der Waals surface area contributed by atoms with Crippen LogP contribution in [0.15, 0.2) is 47.3 Å². The van der Waals surface area contributed by atoms with Crippen molar-refractivity contribution in [2.24, 2.45) is 0 Å². The number of rotatable bonds is 3. The molecule has 78 valence electrons. The molecule has 2 aromatic rings. The van der Waals surface area contributed by atoms with Gasteiger partial charge in [0.15, 0.2) is 0 Å². The molecule has 0 aliphatic heterocycles. The predicted octanol–water partition coefficient (Wildman–Crippen LogP) is 2.86. The first-order valence-corrected chi connectivity index (χ1v) is 5.02. The van der Waals surface area contributed by atoms with Gasteiger partial charge in [-0.05, 0) is 29.7 Å². The first kappa shape index (κ1) is 9.99. The molecule has 0 saturated heterocycles. The maximum absolute atomic E-state index is 10.0. The van der Waals surface area contributed by atoms with Crippen LogP contribution in [-0.2, 0) is 6.42 Å². The van der Waals surface area contributed by atoms with Crippen LogP contribution in [0.2, 0.25) is 0 Å². The van der Waals surface area contributed by atoms with Gasteiger partial charge in [0.25, 0.3) is 0 Å². The average molecular weight is 202 g/mol. The van der Waals surface area contributed by atoms with Crippen LogP contribution < -0.4 is 0 Å². The third-order valence-corrected chi connectivity index (χ3v) is 2.56. The van der Waals surface area contributed by atoms with Gasteiger partial charge in [-0.1, -0.05) is 24.3 Å². The lowest BCUT2D eigenvalue weighted by molar-refractivity contribution is 0.177. The lowest BCUT2D eigenvalue weighted by atomic mass is 9.99. The standard InChI is InChI=1S/C13H14O2/c1-10-4-2-3-5-12(10)13(14)8-11-6-7-15-9-11/h2-7,9,13-14H,8H2,1H3. The first-order chi connectivity index (χ1) is 7.27. The molecule has 1 N–H and O–H groups in total.